The van der Waals surface area contributed by atoms with Crippen LogP contribution >= 0.6 is 11.8 Å². The van der Waals surface area contributed by atoms with E-state index in [1.54, 1.807) is 0 Å². The molecule has 0 bridgehead atoms. The third-order valence-corrected chi connectivity index (χ3v) is 5.09. The second kappa shape index (κ2) is 8.22. The molecule has 27 heavy (non-hydrogen) atoms. The first-order valence-corrected chi connectivity index (χ1v) is 9.33. The molecular formula is C19H20F3N3OS. The van der Waals surface area contributed by atoms with Gasteiger partial charge in [0.1, 0.15) is 0 Å². The summed E-state index contributed by atoms with van der Waals surface area (Å²) >= 11 is -0.196. The zero-order chi connectivity index (χ0) is 19.4. The van der Waals surface area contributed by atoms with E-state index in [9.17, 15) is 18.0 Å². The molecule has 0 spiro atoms. The van der Waals surface area contributed by atoms with Crippen LogP contribution in [-0.2, 0) is 0 Å². The molecule has 1 heterocycles. The van der Waals surface area contributed by atoms with E-state index in [-0.39, 0.29) is 22.6 Å². The molecule has 0 saturated carbocycles. The maximum absolute atomic E-state index is 12.5. The van der Waals surface area contributed by atoms with Gasteiger partial charge in [0, 0.05) is 36.6 Å². The number of carbonyl (C=O) groups is 1. The molecule has 8 heteroatoms. The van der Waals surface area contributed by atoms with Gasteiger partial charge in [-0.15, -0.1) is 0 Å². The number of para-hydroxylation sites is 2. The van der Waals surface area contributed by atoms with Crippen LogP contribution in [0, 0.1) is 0 Å². The largest absolute Gasteiger partial charge is 0.446 e. The normalized spacial score (nSPS) is 15.6. The van der Waals surface area contributed by atoms with Gasteiger partial charge in [-0.05, 0) is 55.2 Å². The minimum atomic E-state index is -4.34. The van der Waals surface area contributed by atoms with Crippen LogP contribution in [-0.4, -0.2) is 49.5 Å². The standard InChI is InChI=1S/C19H20F3N3OS/c1-24-10-12-25(13-11-24)17-5-3-2-4-16(17)23-18(26)14-6-8-15(9-7-14)27-19(20,21)22/h2-9H,10-13H2,1H3,(H,23,26). The molecule has 1 N–H and O–H groups in total. The summed E-state index contributed by atoms with van der Waals surface area (Å²) in [5, 5.41) is 2.88. The molecule has 1 saturated heterocycles. The minimum absolute atomic E-state index is 0.0527. The number of alkyl halides is 3. The highest BCUT2D eigenvalue weighted by molar-refractivity contribution is 8.00. The van der Waals surface area contributed by atoms with Crippen LogP contribution in [0.25, 0.3) is 0 Å². The van der Waals surface area contributed by atoms with Crippen LogP contribution in [0.4, 0.5) is 24.5 Å². The predicted molar refractivity (Wildman–Crippen MR) is 102 cm³/mol. The quantitative estimate of drug-likeness (QED) is 0.783. The number of nitrogens with one attached hydrogen (secondary N) is 1. The number of hydrogen-bond donors (Lipinski definition) is 1. The Kier molecular flexibility index (Phi) is 5.96. The van der Waals surface area contributed by atoms with Gasteiger partial charge in [0.05, 0.1) is 11.4 Å². The summed E-state index contributed by atoms with van der Waals surface area (Å²) in [7, 11) is 2.08. The van der Waals surface area contributed by atoms with Crippen molar-refractivity contribution in [3.05, 3.63) is 54.1 Å². The Morgan fingerprint density at radius 1 is 1.00 bits per heavy atom. The number of benzene rings is 2. The molecule has 2 aromatic rings. The SMILES string of the molecule is CN1CCN(c2ccccc2NC(=O)c2ccc(SC(F)(F)F)cc2)CC1. The van der Waals surface area contributed by atoms with Gasteiger partial charge in [-0.1, -0.05) is 12.1 Å². The average Bonchev–Trinajstić information content (AvgIpc) is 2.62. The fourth-order valence-electron chi connectivity index (χ4n) is 2.90. The molecule has 0 atom stereocenters. The molecule has 4 nitrogen and oxygen atoms in total. The van der Waals surface area contributed by atoms with Crippen LogP contribution in [0.1, 0.15) is 10.4 Å². The van der Waals surface area contributed by atoms with Crippen LogP contribution < -0.4 is 10.2 Å². The van der Waals surface area contributed by atoms with E-state index in [1.165, 1.54) is 24.3 Å². The summed E-state index contributed by atoms with van der Waals surface area (Å²) in [6.45, 7) is 3.63. The molecule has 1 aliphatic rings. The number of carbonyl (C=O) groups excluding carboxylic acids is 1. The molecular weight excluding hydrogens is 375 g/mol. The first kappa shape index (κ1) is 19.6. The Balaban J connectivity index is 1.71. The predicted octanol–water partition coefficient (Wildman–Crippen LogP) is 4.30. The number of amides is 1. The molecule has 1 fully saturated rings. The smallest absolute Gasteiger partial charge is 0.367 e. The number of likely N-dealkylation sites (N-methyl/N-ethyl adjacent to an activating group) is 1. The number of hydrogen-bond acceptors (Lipinski definition) is 4. The first-order chi connectivity index (χ1) is 12.8. The molecule has 0 aliphatic carbocycles. The zero-order valence-electron chi connectivity index (χ0n) is 14.8. The molecule has 0 unspecified atom stereocenters. The average molecular weight is 395 g/mol. The Hall–Kier alpha value is -2.19. The second-order valence-corrected chi connectivity index (χ2v) is 7.47. The van der Waals surface area contributed by atoms with Crippen molar-refractivity contribution in [3.63, 3.8) is 0 Å². The van der Waals surface area contributed by atoms with Crippen molar-refractivity contribution in [2.24, 2.45) is 0 Å². The maximum atomic E-state index is 12.5. The third-order valence-electron chi connectivity index (χ3n) is 4.35. The number of anilines is 2. The summed E-state index contributed by atoms with van der Waals surface area (Å²) < 4.78 is 37.2. The van der Waals surface area contributed by atoms with Gasteiger partial charge in [-0.3, -0.25) is 4.79 Å². The number of nitrogens with zero attached hydrogens (tertiary/aromatic N) is 2. The van der Waals surface area contributed by atoms with Gasteiger partial charge >= 0.3 is 5.51 Å². The van der Waals surface area contributed by atoms with Crippen LogP contribution in [0.2, 0.25) is 0 Å². The molecule has 144 valence electrons. The minimum Gasteiger partial charge on any atom is -0.367 e. The molecule has 3 rings (SSSR count). The summed E-state index contributed by atoms with van der Waals surface area (Å²) in [6, 6.07) is 13.0. The summed E-state index contributed by atoms with van der Waals surface area (Å²) in [5.74, 6) is -0.347. The molecule has 1 aliphatic heterocycles. The lowest BCUT2D eigenvalue weighted by Gasteiger charge is -2.35. The van der Waals surface area contributed by atoms with Gasteiger partial charge in [0.25, 0.3) is 5.91 Å². The van der Waals surface area contributed by atoms with E-state index in [1.807, 2.05) is 24.3 Å². The number of rotatable bonds is 4. The molecule has 0 radical (unpaired) electrons. The van der Waals surface area contributed by atoms with Gasteiger partial charge in [-0.2, -0.15) is 13.2 Å². The highest BCUT2D eigenvalue weighted by Gasteiger charge is 2.29. The van der Waals surface area contributed by atoms with Crippen molar-refractivity contribution < 1.29 is 18.0 Å². The van der Waals surface area contributed by atoms with Gasteiger partial charge in [0.2, 0.25) is 0 Å². The summed E-state index contributed by atoms with van der Waals surface area (Å²) in [5.41, 5.74) is -2.38. The van der Waals surface area contributed by atoms with Crippen LogP contribution in [0.15, 0.2) is 53.4 Å². The van der Waals surface area contributed by atoms with Crippen molar-refractivity contribution in [2.75, 3.05) is 43.4 Å². The lowest BCUT2D eigenvalue weighted by atomic mass is 10.2. The van der Waals surface area contributed by atoms with Crippen LogP contribution in [0.5, 0.6) is 0 Å². The van der Waals surface area contributed by atoms with E-state index < -0.39 is 5.51 Å². The molecule has 2 aromatic carbocycles. The number of piperazine rings is 1. The molecule has 0 aromatic heterocycles. The third kappa shape index (κ3) is 5.40. The monoisotopic (exact) mass is 395 g/mol. The number of halogens is 3. The molecule has 1 amide bonds. The lowest BCUT2D eigenvalue weighted by molar-refractivity contribution is -0.0328. The van der Waals surface area contributed by atoms with E-state index in [0.29, 0.717) is 11.3 Å². The highest BCUT2D eigenvalue weighted by Crippen LogP contribution is 2.36. The van der Waals surface area contributed by atoms with Crippen LogP contribution in [0.3, 0.4) is 0 Å². The van der Waals surface area contributed by atoms with E-state index >= 15 is 0 Å². The van der Waals surface area contributed by atoms with E-state index in [4.69, 9.17) is 0 Å². The lowest BCUT2D eigenvalue weighted by Crippen LogP contribution is -2.44. The Bertz CT molecular complexity index is 788. The maximum Gasteiger partial charge on any atom is 0.446 e. The Morgan fingerprint density at radius 2 is 1.63 bits per heavy atom. The van der Waals surface area contributed by atoms with Crippen molar-refractivity contribution in [1.29, 1.82) is 0 Å². The van der Waals surface area contributed by atoms with Gasteiger partial charge < -0.3 is 15.1 Å². The Morgan fingerprint density at radius 3 is 2.26 bits per heavy atom. The fourth-order valence-corrected chi connectivity index (χ4v) is 3.44. The zero-order valence-corrected chi connectivity index (χ0v) is 15.6. The van der Waals surface area contributed by atoms with Gasteiger partial charge in [0.15, 0.2) is 0 Å². The van der Waals surface area contributed by atoms with Gasteiger partial charge in [-0.25, -0.2) is 0 Å². The van der Waals surface area contributed by atoms with Crippen molar-refractivity contribution >= 4 is 29.0 Å². The van der Waals surface area contributed by atoms with E-state index in [2.05, 4.69) is 22.2 Å². The van der Waals surface area contributed by atoms with Crippen molar-refractivity contribution in [3.8, 4) is 0 Å². The summed E-state index contributed by atoms with van der Waals surface area (Å²) in [6.07, 6.45) is 0. The van der Waals surface area contributed by atoms with Crippen molar-refractivity contribution in [2.45, 2.75) is 10.4 Å². The fraction of sp³-hybridized carbons (Fsp3) is 0.316. The topological polar surface area (TPSA) is 35.6 Å². The second-order valence-electron chi connectivity index (χ2n) is 6.33. The van der Waals surface area contributed by atoms with E-state index in [0.717, 1.165) is 31.9 Å². The first-order valence-electron chi connectivity index (χ1n) is 8.51. The Labute approximate surface area is 160 Å². The highest BCUT2D eigenvalue weighted by atomic mass is 32.2. The van der Waals surface area contributed by atoms with Crippen molar-refractivity contribution in [1.82, 2.24) is 4.90 Å². The number of thioether (sulfide) groups is 1. The summed E-state index contributed by atoms with van der Waals surface area (Å²) in [4.78, 5) is 17.1.